The summed E-state index contributed by atoms with van der Waals surface area (Å²) < 4.78 is 33.4. The Labute approximate surface area is 859 Å². The lowest BCUT2D eigenvalue weighted by Crippen LogP contribution is -2.35. The van der Waals surface area contributed by atoms with Gasteiger partial charge in [-0.2, -0.15) is 0 Å². The third kappa shape index (κ3) is 25.6. The minimum absolute atomic E-state index is 0.0735. The van der Waals surface area contributed by atoms with Gasteiger partial charge in [0.15, 0.2) is 92.2 Å². The van der Waals surface area contributed by atoms with Gasteiger partial charge in [0.05, 0.1) is 94.7 Å². The standard InChI is InChI=1S/C25H26Cl2N2O4.C19H14Cl2N2O5.C19H16Cl2N2O4.C17H14Cl2O4.C15H10Cl2O6.C6H12O/c1-4-5-6-7-8-17(15-9-18-22(20(26)11-15)32-13-28(2)24(18)30)16-10-19-23(21(27)12-16)33-14-29(3)25(19)31;1-22-7-27-16-11(18(22)25)3-9(5-13(16)20)15(24)10-4-12-17(14(21)6-10)28-8-23(2)19(12)26;1-22-8-26-16-12(18(22)24)4-10(6-14(16)20)3-11-5-13-17(15(21)7-11)27-9-23(2)19(13)25;1-8(20)12-4-10(6-14(18)16(12)22)3-11-5-13(9(2)21)17(23)15(19)7-11;16-10-4-6(2-8(12(10)18)14(20)21)1-7-3-9(15(22)23)13(19)11(17)5-7;1-2-3-4-5-6-7/h8-12H,4-7,13-14H2,1-3H3;3-6H,7-8H2,1-2H3;4-7H,3,8-9H2,1-2H3;4-7,22-23H,3H2,1-2H3;2-5,18-19H,1H2,(H,20,21)(H,22,23);6H,2-5H2,1H3. The number of carboxylic acid groups (broad SMARTS) is 2. The number of Topliss-reactive ketones (excluding diaryl/α,β-unsaturated/α-hetero) is 2. The Kier molecular flexibility index (Phi) is 36.8. The summed E-state index contributed by atoms with van der Waals surface area (Å²) >= 11 is 61.6. The van der Waals surface area contributed by atoms with Crippen molar-refractivity contribution >= 4 is 193 Å². The van der Waals surface area contributed by atoms with E-state index in [0.29, 0.717) is 100 Å². The Morgan fingerprint density at radius 1 is 0.305 bits per heavy atom. The summed E-state index contributed by atoms with van der Waals surface area (Å²) in [5, 5.41) is 58.6. The van der Waals surface area contributed by atoms with Gasteiger partial charge >= 0.3 is 11.9 Å². The fourth-order valence-corrected chi connectivity index (χ4v) is 17.8. The van der Waals surface area contributed by atoms with Crippen LogP contribution in [-0.4, -0.2) is 214 Å². The molecule has 0 spiro atoms. The van der Waals surface area contributed by atoms with Gasteiger partial charge in [0.2, 0.25) is 0 Å². The Morgan fingerprint density at radius 3 is 0.780 bits per heavy atom. The van der Waals surface area contributed by atoms with E-state index in [1.165, 1.54) is 129 Å². The predicted octanol–water partition coefficient (Wildman–Crippen LogP) is 21.9. The van der Waals surface area contributed by atoms with Gasteiger partial charge in [0, 0.05) is 59.8 Å². The molecule has 6 amide bonds. The number of allylic oxidation sites excluding steroid dienone is 1. The van der Waals surface area contributed by atoms with E-state index in [1.54, 1.807) is 90.8 Å². The van der Waals surface area contributed by atoms with Gasteiger partial charge in [-0.15, -0.1) is 0 Å². The van der Waals surface area contributed by atoms with Crippen molar-refractivity contribution in [2.45, 2.75) is 98.3 Å². The van der Waals surface area contributed by atoms with E-state index in [4.69, 9.17) is 155 Å². The molecule has 740 valence electrons. The maximum absolute atomic E-state index is 13.1. The first-order chi connectivity index (χ1) is 66.7. The van der Waals surface area contributed by atoms with Crippen LogP contribution in [0.25, 0.3) is 5.57 Å². The van der Waals surface area contributed by atoms with Crippen molar-refractivity contribution in [3.8, 4) is 57.5 Å². The highest BCUT2D eigenvalue weighted by Gasteiger charge is 2.35. The summed E-state index contributed by atoms with van der Waals surface area (Å²) in [5.41, 5.74) is 8.20. The molecule has 0 saturated carbocycles. The maximum Gasteiger partial charge on any atom is 0.339 e. The molecule has 6 aliphatic rings. The summed E-state index contributed by atoms with van der Waals surface area (Å²) in [4.78, 5) is 152. The van der Waals surface area contributed by atoms with Crippen LogP contribution in [0.1, 0.15) is 243 Å². The van der Waals surface area contributed by atoms with E-state index >= 15 is 0 Å². The third-order valence-electron chi connectivity index (χ3n) is 22.4. The minimum atomic E-state index is -1.35. The molecule has 0 bridgehead atoms. The number of ether oxygens (including phenoxy) is 6. The molecule has 0 unspecified atom stereocenters. The summed E-state index contributed by atoms with van der Waals surface area (Å²) in [5.74, 6) is -4.46. The van der Waals surface area contributed by atoms with Gasteiger partial charge in [0.1, 0.15) is 40.4 Å². The summed E-state index contributed by atoms with van der Waals surface area (Å²) in [6.07, 6.45) is 12.3. The monoisotopic (exact) mass is 2120 g/mol. The molecule has 141 heavy (non-hydrogen) atoms. The number of carboxylic acids is 2. The number of aldehydes is 1. The molecule has 30 nitrogen and oxygen atoms in total. The van der Waals surface area contributed by atoms with Crippen LogP contribution in [0.5, 0.6) is 57.5 Å². The molecule has 0 atom stereocenters. The number of hydrogen-bond acceptors (Lipinski definition) is 22. The summed E-state index contributed by atoms with van der Waals surface area (Å²) in [6.45, 7) is 7.75. The number of aromatic carboxylic acids is 2. The van der Waals surface area contributed by atoms with Gasteiger partial charge < -0.3 is 93.3 Å². The van der Waals surface area contributed by atoms with E-state index in [-0.39, 0.29) is 191 Å². The number of unbranched alkanes of at least 4 members (excludes halogenated alkanes) is 6. The zero-order valence-electron chi connectivity index (χ0n) is 77.2. The van der Waals surface area contributed by atoms with Gasteiger partial charge in [-0.1, -0.05) is 162 Å². The number of benzene rings is 10. The van der Waals surface area contributed by atoms with Gasteiger partial charge in [-0.3, -0.25) is 43.2 Å². The Balaban J connectivity index is 0.000000166. The molecular weight excluding hydrogens is 2040 g/mol. The lowest BCUT2D eigenvalue weighted by Gasteiger charge is -2.28. The molecule has 0 fully saturated rings. The van der Waals surface area contributed by atoms with Crippen molar-refractivity contribution in [2.24, 2.45) is 0 Å². The zero-order chi connectivity index (χ0) is 103. The van der Waals surface area contributed by atoms with Crippen molar-refractivity contribution in [1.82, 2.24) is 29.4 Å². The van der Waals surface area contributed by atoms with Crippen LogP contribution in [-0.2, 0) is 24.1 Å². The Hall–Kier alpha value is -12.7. The number of amides is 6. The van der Waals surface area contributed by atoms with Crippen LogP contribution >= 0.6 is 116 Å². The Morgan fingerprint density at radius 2 is 0.525 bits per heavy atom. The second kappa shape index (κ2) is 47.7. The second-order valence-electron chi connectivity index (χ2n) is 33.2. The molecule has 0 saturated heterocycles. The highest BCUT2D eigenvalue weighted by Crippen LogP contribution is 2.46. The smallest absolute Gasteiger partial charge is 0.339 e. The number of ketones is 3. The van der Waals surface area contributed by atoms with E-state index in [2.05, 4.69) is 19.9 Å². The number of fused-ring (bicyclic) bond motifs is 6. The SMILES string of the molecule is CC(=O)c1cc(Cc2cc(Cl)c(O)c(C(C)=O)c2)cc(Cl)c1O.CCCCCC=C(c1cc(Cl)c2c(c1)C(=O)N(C)CO2)c1cc(Cl)c2c(c1)C(=O)N(C)CO2.CCCCCC=O.CN1COc2c(Cl)cc(C(=O)c3cc(Cl)c4c(c3)C(=O)N(C)CO4)cc2C1=O.CN1COc2c(Cl)cc(Cc3cc(Cl)c4c(c3)C(=O)N(C)CO4)cc2C1=O.O=C(O)c1cc(Cc2cc(Cl)c(O)c(C(=O)O)c2)cc(Cl)c1O. The zero-order valence-corrected chi connectivity index (χ0v) is 84.8. The molecule has 0 radical (unpaired) electrons. The molecule has 6 aliphatic heterocycles. The van der Waals surface area contributed by atoms with Crippen LogP contribution in [0.15, 0.2) is 127 Å². The quantitative estimate of drug-likeness (QED) is 0.0208. The molecule has 0 aromatic heterocycles. The first-order valence-corrected chi connectivity index (χ1v) is 47.1. The van der Waals surface area contributed by atoms with Crippen LogP contribution in [0.4, 0.5) is 0 Å². The fourth-order valence-electron chi connectivity index (χ4n) is 15.1. The lowest BCUT2D eigenvalue weighted by molar-refractivity contribution is -0.108. The number of rotatable bonds is 22. The number of carbonyl (C=O) groups excluding carboxylic acids is 10. The first-order valence-electron chi connectivity index (χ1n) is 43.3. The third-order valence-corrected chi connectivity index (χ3v) is 25.3. The summed E-state index contributed by atoms with van der Waals surface area (Å²) in [7, 11) is 9.85. The average molecular weight is 2130 g/mol. The van der Waals surface area contributed by atoms with Gasteiger partial charge in [-0.25, -0.2) is 9.59 Å². The van der Waals surface area contributed by atoms with E-state index < -0.39 is 29.2 Å². The van der Waals surface area contributed by atoms with Crippen molar-refractivity contribution in [3.05, 3.63) is 289 Å². The number of carbonyl (C=O) groups is 12. The molecule has 6 heterocycles. The largest absolute Gasteiger partial charge is 0.506 e. The van der Waals surface area contributed by atoms with Gasteiger partial charge in [0.25, 0.3) is 35.4 Å². The van der Waals surface area contributed by atoms with Crippen LogP contribution in [0.2, 0.25) is 50.2 Å². The normalized spacial score (nSPS) is 13.5. The number of halogens is 10. The highest BCUT2D eigenvalue weighted by molar-refractivity contribution is 6.37. The first kappa shape index (κ1) is 109. The van der Waals surface area contributed by atoms with Crippen molar-refractivity contribution in [1.29, 1.82) is 0 Å². The van der Waals surface area contributed by atoms with Crippen molar-refractivity contribution in [2.75, 3.05) is 82.7 Å². The number of phenols is 4. The van der Waals surface area contributed by atoms with Gasteiger partial charge in [-0.05, 0) is 224 Å². The van der Waals surface area contributed by atoms with Crippen LogP contribution < -0.4 is 28.4 Å². The fraction of sp³-hybridized carbons (Fsp3) is 0.267. The minimum Gasteiger partial charge on any atom is -0.506 e. The van der Waals surface area contributed by atoms with Crippen molar-refractivity contribution in [3.63, 3.8) is 0 Å². The molecule has 10 aromatic rings. The molecule has 0 aliphatic carbocycles. The number of hydrogen-bond donors (Lipinski definition) is 6. The lowest BCUT2D eigenvalue weighted by atomic mass is 9.92. The topological polar surface area (TPSA) is 401 Å². The Bertz CT molecular complexity index is 6240. The highest BCUT2D eigenvalue weighted by atomic mass is 35.5. The molecule has 10 aromatic carbocycles. The molecule has 40 heteroatoms. The number of aromatic hydroxyl groups is 4. The maximum atomic E-state index is 13.1. The predicted molar refractivity (Wildman–Crippen MR) is 534 cm³/mol. The van der Waals surface area contributed by atoms with E-state index in [0.717, 1.165) is 72.6 Å². The van der Waals surface area contributed by atoms with E-state index in [1.807, 2.05) is 0 Å². The molecular formula is C101H92Cl10N6O24. The number of nitrogens with zero attached hydrogens (tertiary/aromatic N) is 6. The van der Waals surface area contributed by atoms with Crippen LogP contribution in [0, 0.1) is 0 Å². The number of phenolic OH excluding ortho intramolecular Hbond substituents is 2. The second-order valence-corrected chi connectivity index (χ2v) is 37.2. The van der Waals surface area contributed by atoms with Crippen LogP contribution in [0.3, 0.4) is 0 Å². The van der Waals surface area contributed by atoms with Crippen molar-refractivity contribution < 1.29 is 117 Å². The van der Waals surface area contributed by atoms with E-state index in [9.17, 15) is 78.0 Å². The molecule has 16 rings (SSSR count). The molecule has 6 N–H and O–H groups in total. The summed E-state index contributed by atoms with van der Waals surface area (Å²) in [6, 6.07) is 31.3. The average Bonchev–Trinajstić information content (AvgIpc) is 0.771.